The van der Waals surface area contributed by atoms with Crippen LogP contribution in [-0.2, 0) is 4.79 Å². The van der Waals surface area contributed by atoms with Gasteiger partial charge in [0.15, 0.2) is 11.5 Å². The van der Waals surface area contributed by atoms with Crippen LogP contribution in [0.1, 0.15) is 16.8 Å². The number of hydrogen-bond acceptors (Lipinski definition) is 5. The van der Waals surface area contributed by atoms with Gasteiger partial charge in [-0.1, -0.05) is 6.07 Å². The standard InChI is InChI=1S/C12H15NO5S/c1-19-6-5-8(12(17)18)13-11(16)7-3-2-4-9(14)10(7)15/h2-4,8,14-15H,5-6H2,1H3,(H,13,16)(H,17,18)/t8-/m0/s1. The molecule has 1 atom stereocenters. The van der Waals surface area contributed by atoms with Gasteiger partial charge in [-0.25, -0.2) is 4.79 Å². The van der Waals surface area contributed by atoms with Crippen LogP contribution < -0.4 is 5.32 Å². The van der Waals surface area contributed by atoms with Gasteiger partial charge in [-0.2, -0.15) is 11.8 Å². The predicted octanol–water partition coefficient (Wildman–Crippen LogP) is 1.03. The second-order valence-electron chi connectivity index (χ2n) is 3.82. The summed E-state index contributed by atoms with van der Waals surface area (Å²) in [5.74, 6) is -2.27. The number of benzene rings is 1. The zero-order valence-electron chi connectivity index (χ0n) is 10.3. The number of thioether (sulfide) groups is 1. The van der Waals surface area contributed by atoms with E-state index in [1.165, 1.54) is 30.0 Å². The number of phenolic OH excluding ortho intramolecular Hbond substituents is 2. The maximum atomic E-state index is 11.8. The first-order chi connectivity index (χ1) is 8.97. The Balaban J connectivity index is 2.82. The van der Waals surface area contributed by atoms with Crippen LogP contribution in [-0.4, -0.2) is 45.2 Å². The number of carbonyl (C=O) groups excluding carboxylic acids is 1. The minimum atomic E-state index is -1.14. The topological polar surface area (TPSA) is 107 Å². The van der Waals surface area contributed by atoms with Crippen molar-refractivity contribution in [3.63, 3.8) is 0 Å². The summed E-state index contributed by atoms with van der Waals surface area (Å²) in [4.78, 5) is 22.8. The molecule has 0 aliphatic rings. The van der Waals surface area contributed by atoms with Crippen molar-refractivity contribution in [3.8, 4) is 11.5 Å². The molecule has 0 unspecified atom stereocenters. The van der Waals surface area contributed by atoms with Crippen LogP contribution in [0.4, 0.5) is 0 Å². The third-order valence-electron chi connectivity index (χ3n) is 2.47. The first kappa shape index (κ1) is 15.2. The molecule has 1 aromatic carbocycles. The number of aromatic hydroxyl groups is 2. The number of carboxylic acid groups (broad SMARTS) is 1. The monoisotopic (exact) mass is 285 g/mol. The molecule has 0 radical (unpaired) electrons. The average molecular weight is 285 g/mol. The number of para-hydroxylation sites is 1. The summed E-state index contributed by atoms with van der Waals surface area (Å²) in [6, 6.07) is 2.90. The molecule has 4 N–H and O–H groups in total. The highest BCUT2D eigenvalue weighted by molar-refractivity contribution is 7.98. The first-order valence-corrected chi connectivity index (χ1v) is 6.90. The number of carbonyl (C=O) groups is 2. The summed E-state index contributed by atoms with van der Waals surface area (Å²) < 4.78 is 0. The first-order valence-electron chi connectivity index (χ1n) is 5.51. The summed E-state index contributed by atoms with van der Waals surface area (Å²) in [6.07, 6.45) is 2.11. The highest BCUT2D eigenvalue weighted by atomic mass is 32.2. The van der Waals surface area contributed by atoms with E-state index < -0.39 is 29.4 Å². The van der Waals surface area contributed by atoms with Crippen molar-refractivity contribution >= 4 is 23.6 Å². The van der Waals surface area contributed by atoms with Crippen molar-refractivity contribution < 1.29 is 24.9 Å². The molecule has 1 aromatic rings. The molecule has 6 nitrogen and oxygen atoms in total. The van der Waals surface area contributed by atoms with Gasteiger partial charge >= 0.3 is 5.97 Å². The minimum absolute atomic E-state index is 0.157. The molecule has 0 aromatic heterocycles. The number of hydrogen-bond donors (Lipinski definition) is 4. The number of aliphatic carboxylic acids is 1. The van der Waals surface area contributed by atoms with Crippen molar-refractivity contribution in [2.75, 3.05) is 12.0 Å². The minimum Gasteiger partial charge on any atom is -0.504 e. The van der Waals surface area contributed by atoms with Gasteiger partial charge in [-0.05, 0) is 30.6 Å². The average Bonchev–Trinajstić information content (AvgIpc) is 2.37. The lowest BCUT2D eigenvalue weighted by Gasteiger charge is -2.14. The van der Waals surface area contributed by atoms with Crippen molar-refractivity contribution in [1.82, 2.24) is 5.32 Å². The van der Waals surface area contributed by atoms with E-state index in [2.05, 4.69) is 5.32 Å². The molecule has 0 bridgehead atoms. The molecular weight excluding hydrogens is 270 g/mol. The normalized spacial score (nSPS) is 11.8. The van der Waals surface area contributed by atoms with Crippen molar-refractivity contribution in [2.45, 2.75) is 12.5 Å². The maximum Gasteiger partial charge on any atom is 0.326 e. The van der Waals surface area contributed by atoms with Crippen molar-refractivity contribution in [3.05, 3.63) is 23.8 Å². The largest absolute Gasteiger partial charge is 0.504 e. The molecule has 1 amide bonds. The Morgan fingerprint density at radius 1 is 1.37 bits per heavy atom. The summed E-state index contributed by atoms with van der Waals surface area (Å²) in [7, 11) is 0. The Morgan fingerprint density at radius 3 is 2.63 bits per heavy atom. The van der Waals surface area contributed by atoms with Crippen LogP contribution in [0.15, 0.2) is 18.2 Å². The van der Waals surface area contributed by atoms with Crippen LogP contribution >= 0.6 is 11.8 Å². The lowest BCUT2D eigenvalue weighted by atomic mass is 10.1. The third-order valence-corrected chi connectivity index (χ3v) is 3.12. The van der Waals surface area contributed by atoms with Crippen LogP contribution in [0.2, 0.25) is 0 Å². The number of nitrogens with one attached hydrogen (secondary N) is 1. The Kier molecular flexibility index (Phi) is 5.50. The fourth-order valence-corrected chi connectivity index (χ4v) is 1.92. The second kappa shape index (κ2) is 6.89. The smallest absolute Gasteiger partial charge is 0.326 e. The third kappa shape index (κ3) is 4.06. The zero-order chi connectivity index (χ0) is 14.4. The number of rotatable bonds is 6. The highest BCUT2D eigenvalue weighted by Crippen LogP contribution is 2.28. The quantitative estimate of drug-likeness (QED) is 0.582. The van der Waals surface area contributed by atoms with Gasteiger partial charge in [-0.3, -0.25) is 4.79 Å². The molecule has 0 saturated carbocycles. The lowest BCUT2D eigenvalue weighted by molar-refractivity contribution is -0.139. The van der Waals surface area contributed by atoms with Crippen molar-refractivity contribution in [2.24, 2.45) is 0 Å². The molecule has 1 rings (SSSR count). The van der Waals surface area contributed by atoms with Crippen LogP contribution in [0.5, 0.6) is 11.5 Å². The van der Waals surface area contributed by atoms with Gasteiger partial charge in [0.1, 0.15) is 6.04 Å². The van der Waals surface area contributed by atoms with E-state index in [1.807, 2.05) is 6.26 Å². The predicted molar refractivity (Wildman–Crippen MR) is 71.7 cm³/mol. The van der Waals surface area contributed by atoms with Gasteiger partial charge in [0.2, 0.25) is 0 Å². The molecule has 0 saturated heterocycles. The summed E-state index contributed by atoms with van der Waals surface area (Å²) >= 11 is 1.47. The Labute approximate surface area is 114 Å². The van der Waals surface area contributed by atoms with Gasteiger partial charge in [0, 0.05) is 0 Å². The zero-order valence-corrected chi connectivity index (χ0v) is 11.1. The van der Waals surface area contributed by atoms with Crippen LogP contribution in [0.3, 0.4) is 0 Å². The van der Waals surface area contributed by atoms with Gasteiger partial charge in [0.25, 0.3) is 5.91 Å². The summed E-state index contributed by atoms with van der Waals surface area (Å²) in [5, 5.41) is 30.1. The van der Waals surface area contributed by atoms with Crippen LogP contribution in [0.25, 0.3) is 0 Å². The van der Waals surface area contributed by atoms with Gasteiger partial charge in [0.05, 0.1) is 5.56 Å². The number of amides is 1. The summed E-state index contributed by atoms with van der Waals surface area (Å²) in [5.41, 5.74) is -0.157. The maximum absolute atomic E-state index is 11.8. The Morgan fingerprint density at radius 2 is 2.05 bits per heavy atom. The van der Waals surface area contributed by atoms with Crippen molar-refractivity contribution in [1.29, 1.82) is 0 Å². The van der Waals surface area contributed by atoms with E-state index in [-0.39, 0.29) is 12.0 Å². The molecule has 0 fully saturated rings. The number of phenols is 2. The molecule has 0 aliphatic carbocycles. The Hall–Kier alpha value is -1.89. The molecule has 7 heteroatoms. The van der Waals surface area contributed by atoms with E-state index in [4.69, 9.17) is 5.11 Å². The van der Waals surface area contributed by atoms with E-state index in [0.29, 0.717) is 5.75 Å². The second-order valence-corrected chi connectivity index (χ2v) is 4.80. The van der Waals surface area contributed by atoms with Gasteiger partial charge in [-0.15, -0.1) is 0 Å². The highest BCUT2D eigenvalue weighted by Gasteiger charge is 2.22. The van der Waals surface area contributed by atoms with E-state index in [9.17, 15) is 19.8 Å². The van der Waals surface area contributed by atoms with E-state index >= 15 is 0 Å². The van der Waals surface area contributed by atoms with E-state index in [0.717, 1.165) is 0 Å². The summed E-state index contributed by atoms with van der Waals surface area (Å²) in [6.45, 7) is 0. The molecule has 104 valence electrons. The molecule has 0 aliphatic heterocycles. The molecule has 19 heavy (non-hydrogen) atoms. The SMILES string of the molecule is CSCC[C@H](NC(=O)c1cccc(O)c1O)C(=O)O. The van der Waals surface area contributed by atoms with Gasteiger partial charge < -0.3 is 20.6 Å². The van der Waals surface area contributed by atoms with Crippen LogP contribution in [0, 0.1) is 0 Å². The molecular formula is C12H15NO5S. The fourth-order valence-electron chi connectivity index (χ4n) is 1.44. The fraction of sp³-hybridized carbons (Fsp3) is 0.333. The molecule has 0 heterocycles. The van der Waals surface area contributed by atoms with E-state index in [1.54, 1.807) is 0 Å². The number of carboxylic acids is 1. The lowest BCUT2D eigenvalue weighted by Crippen LogP contribution is -2.41. The molecule has 0 spiro atoms. The Bertz CT molecular complexity index is 477.